The molecule has 0 unspecified atom stereocenters. The van der Waals surface area contributed by atoms with Crippen LogP contribution in [0.4, 0.5) is 0 Å². The molecule has 2 heteroatoms. The van der Waals surface area contributed by atoms with Gasteiger partial charge >= 0.3 is 0 Å². The molecule has 0 N–H and O–H groups in total. The van der Waals surface area contributed by atoms with Crippen molar-refractivity contribution >= 4 is 6.08 Å². The highest BCUT2D eigenvalue weighted by Crippen LogP contribution is 2.41. The molecule has 2 nitrogen and oxygen atoms in total. The SMILES string of the molecule is Cc1ccc(C)c(C2(CN=C=O)CCCCC2)c1. The molecule has 1 saturated carbocycles. The van der Waals surface area contributed by atoms with Gasteiger partial charge in [0, 0.05) is 5.41 Å². The fraction of sp³-hybridized carbons (Fsp3) is 0.562. The van der Waals surface area contributed by atoms with Gasteiger partial charge in [-0.1, -0.05) is 43.0 Å². The van der Waals surface area contributed by atoms with Crippen LogP contribution in [-0.4, -0.2) is 12.6 Å². The van der Waals surface area contributed by atoms with Crippen molar-refractivity contribution in [1.82, 2.24) is 0 Å². The summed E-state index contributed by atoms with van der Waals surface area (Å²) in [5.74, 6) is 0. The number of isocyanates is 1. The van der Waals surface area contributed by atoms with E-state index in [-0.39, 0.29) is 5.41 Å². The summed E-state index contributed by atoms with van der Waals surface area (Å²) in [5.41, 5.74) is 4.08. The van der Waals surface area contributed by atoms with Crippen LogP contribution < -0.4 is 0 Å². The summed E-state index contributed by atoms with van der Waals surface area (Å²) in [6.45, 7) is 4.89. The van der Waals surface area contributed by atoms with E-state index in [0.717, 1.165) is 12.8 Å². The Labute approximate surface area is 109 Å². The van der Waals surface area contributed by atoms with Gasteiger partial charge in [0.15, 0.2) is 0 Å². The number of benzene rings is 1. The van der Waals surface area contributed by atoms with E-state index in [4.69, 9.17) is 0 Å². The maximum Gasteiger partial charge on any atom is 0.234 e. The molecule has 1 fully saturated rings. The smallest absolute Gasteiger partial charge is 0.211 e. The summed E-state index contributed by atoms with van der Waals surface area (Å²) in [4.78, 5) is 14.4. The van der Waals surface area contributed by atoms with Crippen molar-refractivity contribution in [2.24, 2.45) is 4.99 Å². The van der Waals surface area contributed by atoms with Crippen LogP contribution in [0.15, 0.2) is 23.2 Å². The molecule has 1 aliphatic rings. The van der Waals surface area contributed by atoms with Gasteiger partial charge in [0.2, 0.25) is 6.08 Å². The molecule has 0 aliphatic heterocycles. The van der Waals surface area contributed by atoms with E-state index in [1.54, 1.807) is 6.08 Å². The Hall–Kier alpha value is -1.40. The number of aryl methyl sites for hydroxylation is 2. The van der Waals surface area contributed by atoms with Crippen molar-refractivity contribution < 1.29 is 4.79 Å². The van der Waals surface area contributed by atoms with Crippen molar-refractivity contribution in [2.45, 2.75) is 51.4 Å². The predicted octanol–water partition coefficient (Wildman–Crippen LogP) is 3.84. The van der Waals surface area contributed by atoms with E-state index < -0.39 is 0 Å². The zero-order chi connectivity index (χ0) is 13.0. The van der Waals surface area contributed by atoms with Gasteiger partial charge < -0.3 is 0 Å². The first-order valence-corrected chi connectivity index (χ1v) is 6.79. The van der Waals surface area contributed by atoms with Crippen LogP contribution in [0.1, 0.15) is 48.8 Å². The second kappa shape index (κ2) is 5.49. The highest BCUT2D eigenvalue weighted by Gasteiger charge is 2.34. The molecule has 0 saturated heterocycles. The predicted molar refractivity (Wildman–Crippen MR) is 73.7 cm³/mol. The molecule has 1 aromatic carbocycles. The molecular formula is C16H21NO. The van der Waals surface area contributed by atoms with E-state index >= 15 is 0 Å². The quantitative estimate of drug-likeness (QED) is 0.586. The van der Waals surface area contributed by atoms with Crippen LogP contribution >= 0.6 is 0 Å². The number of hydrogen-bond acceptors (Lipinski definition) is 2. The maximum atomic E-state index is 10.5. The Bertz CT molecular complexity index is 466. The third kappa shape index (κ3) is 2.54. The number of aliphatic imine (C=N–C) groups is 1. The van der Waals surface area contributed by atoms with Crippen LogP contribution in [0, 0.1) is 13.8 Å². The molecule has 0 atom stereocenters. The summed E-state index contributed by atoms with van der Waals surface area (Å²) in [5, 5.41) is 0. The van der Waals surface area contributed by atoms with Gasteiger partial charge in [-0.05, 0) is 37.8 Å². The molecule has 0 amide bonds. The van der Waals surface area contributed by atoms with E-state index in [1.165, 1.54) is 36.0 Å². The van der Waals surface area contributed by atoms with Gasteiger partial charge in [-0.3, -0.25) is 0 Å². The molecule has 0 spiro atoms. The van der Waals surface area contributed by atoms with Crippen molar-refractivity contribution in [3.8, 4) is 0 Å². The second-order valence-electron chi connectivity index (χ2n) is 5.57. The van der Waals surface area contributed by atoms with E-state index in [9.17, 15) is 4.79 Å². The first kappa shape index (κ1) is 13.0. The first-order chi connectivity index (χ1) is 8.68. The molecule has 0 heterocycles. The Morgan fingerprint density at radius 3 is 2.61 bits per heavy atom. The molecule has 96 valence electrons. The molecule has 0 radical (unpaired) electrons. The minimum absolute atomic E-state index is 0.0752. The number of rotatable bonds is 3. The zero-order valence-corrected chi connectivity index (χ0v) is 11.3. The lowest BCUT2D eigenvalue weighted by molar-refractivity contribution is 0.300. The highest BCUT2D eigenvalue weighted by atomic mass is 16.1. The molecule has 18 heavy (non-hydrogen) atoms. The van der Waals surface area contributed by atoms with Crippen molar-refractivity contribution in [3.05, 3.63) is 34.9 Å². The first-order valence-electron chi connectivity index (χ1n) is 6.79. The van der Waals surface area contributed by atoms with Gasteiger partial charge in [-0.15, -0.1) is 0 Å². The van der Waals surface area contributed by atoms with Crippen LogP contribution in [0.5, 0.6) is 0 Å². The van der Waals surface area contributed by atoms with Gasteiger partial charge in [0.1, 0.15) is 0 Å². The van der Waals surface area contributed by atoms with Gasteiger partial charge in [0.25, 0.3) is 0 Å². The molecule has 2 rings (SSSR count). The topological polar surface area (TPSA) is 29.4 Å². The number of hydrogen-bond donors (Lipinski definition) is 0. The Kier molecular flexibility index (Phi) is 3.98. The van der Waals surface area contributed by atoms with Crippen LogP contribution in [-0.2, 0) is 10.2 Å². The van der Waals surface area contributed by atoms with Crippen LogP contribution in [0.2, 0.25) is 0 Å². The number of carbonyl (C=O) groups excluding carboxylic acids is 1. The average molecular weight is 243 g/mol. The van der Waals surface area contributed by atoms with Crippen molar-refractivity contribution in [3.63, 3.8) is 0 Å². The standard InChI is InChI=1S/C16H21NO/c1-13-6-7-14(2)15(10-13)16(11-17-12-18)8-4-3-5-9-16/h6-7,10H,3-5,8-9,11H2,1-2H3. The second-order valence-corrected chi connectivity index (χ2v) is 5.57. The Morgan fingerprint density at radius 1 is 1.22 bits per heavy atom. The summed E-state index contributed by atoms with van der Waals surface area (Å²) in [6.07, 6.45) is 7.78. The third-order valence-corrected chi connectivity index (χ3v) is 4.22. The van der Waals surface area contributed by atoms with E-state index in [2.05, 4.69) is 37.0 Å². The fourth-order valence-electron chi connectivity index (χ4n) is 3.23. The lowest BCUT2D eigenvalue weighted by Gasteiger charge is -2.37. The van der Waals surface area contributed by atoms with Crippen LogP contribution in [0.25, 0.3) is 0 Å². The average Bonchev–Trinajstić information content (AvgIpc) is 2.40. The Morgan fingerprint density at radius 2 is 1.94 bits per heavy atom. The zero-order valence-electron chi connectivity index (χ0n) is 11.3. The summed E-state index contributed by atoms with van der Waals surface area (Å²) < 4.78 is 0. The summed E-state index contributed by atoms with van der Waals surface area (Å²) in [6, 6.07) is 6.62. The maximum absolute atomic E-state index is 10.5. The van der Waals surface area contributed by atoms with Crippen LogP contribution in [0.3, 0.4) is 0 Å². The molecule has 0 bridgehead atoms. The fourth-order valence-corrected chi connectivity index (χ4v) is 3.23. The highest BCUT2D eigenvalue weighted by molar-refractivity contribution is 5.39. The third-order valence-electron chi connectivity index (χ3n) is 4.22. The minimum atomic E-state index is 0.0752. The lowest BCUT2D eigenvalue weighted by Crippen LogP contribution is -2.33. The van der Waals surface area contributed by atoms with Gasteiger partial charge in [-0.2, -0.15) is 0 Å². The Balaban J connectivity index is 2.44. The minimum Gasteiger partial charge on any atom is -0.211 e. The van der Waals surface area contributed by atoms with Gasteiger partial charge in [-0.25, -0.2) is 9.79 Å². The molecule has 1 aromatic rings. The molecular weight excluding hydrogens is 222 g/mol. The van der Waals surface area contributed by atoms with E-state index in [1.807, 2.05) is 0 Å². The largest absolute Gasteiger partial charge is 0.234 e. The van der Waals surface area contributed by atoms with E-state index in [0.29, 0.717) is 6.54 Å². The summed E-state index contributed by atoms with van der Waals surface area (Å²) in [7, 11) is 0. The van der Waals surface area contributed by atoms with Gasteiger partial charge in [0.05, 0.1) is 6.54 Å². The summed E-state index contributed by atoms with van der Waals surface area (Å²) >= 11 is 0. The lowest BCUT2D eigenvalue weighted by atomic mass is 9.68. The molecule has 0 aromatic heterocycles. The monoisotopic (exact) mass is 243 g/mol. The normalized spacial score (nSPS) is 18.1. The molecule has 1 aliphatic carbocycles. The van der Waals surface area contributed by atoms with Crippen molar-refractivity contribution in [1.29, 1.82) is 0 Å². The number of nitrogens with zero attached hydrogens (tertiary/aromatic N) is 1. The van der Waals surface area contributed by atoms with Crippen molar-refractivity contribution in [2.75, 3.05) is 6.54 Å².